The van der Waals surface area contributed by atoms with Crippen LogP contribution in [0.5, 0.6) is 0 Å². The van der Waals surface area contributed by atoms with Crippen LogP contribution in [0.1, 0.15) is 41.0 Å². The first-order valence-corrected chi connectivity index (χ1v) is 10.5. The van der Waals surface area contributed by atoms with Crippen molar-refractivity contribution in [3.63, 3.8) is 0 Å². The molecule has 142 valence electrons. The van der Waals surface area contributed by atoms with Crippen LogP contribution in [-0.4, -0.2) is 54.2 Å². The largest absolute Gasteiger partial charge is 0.500 e. The molecule has 0 amide bonds. The first-order chi connectivity index (χ1) is 11.6. The molecule has 0 aliphatic heterocycles. The zero-order chi connectivity index (χ0) is 18.3. The maximum absolute atomic E-state index is 5.81. The molecule has 0 saturated heterocycles. The van der Waals surface area contributed by atoms with Crippen LogP contribution < -0.4 is 0 Å². The minimum absolute atomic E-state index is 0.211. The summed E-state index contributed by atoms with van der Waals surface area (Å²) in [5.74, 6) is 0. The van der Waals surface area contributed by atoms with E-state index in [1.165, 1.54) is 6.26 Å². The highest BCUT2D eigenvalue weighted by Crippen LogP contribution is 2.18. The summed E-state index contributed by atoms with van der Waals surface area (Å²) >= 11 is 0. The highest BCUT2D eigenvalue weighted by molar-refractivity contribution is 6.60. The van der Waals surface area contributed by atoms with Crippen LogP contribution in [0.2, 0.25) is 6.04 Å². The Hall–Kier alpha value is -1.09. The van der Waals surface area contributed by atoms with Crippen molar-refractivity contribution in [2.75, 3.05) is 33.0 Å². The molecule has 1 atom stereocenters. The fourth-order valence-electron chi connectivity index (χ4n) is 2.01. The van der Waals surface area contributed by atoms with Gasteiger partial charge in [-0.3, -0.25) is 0 Å². The van der Waals surface area contributed by atoms with Gasteiger partial charge in [-0.1, -0.05) is 6.58 Å². The lowest BCUT2D eigenvalue weighted by Gasteiger charge is -2.28. The minimum Gasteiger partial charge on any atom is -0.463 e. The first kappa shape index (κ1) is 22.9. The summed E-state index contributed by atoms with van der Waals surface area (Å²) in [4.78, 5) is 4.33. The Bertz CT molecular complexity index is 336. The Labute approximate surface area is 147 Å². The maximum Gasteiger partial charge on any atom is 0.500 e. The Morgan fingerprint density at radius 3 is 2.08 bits per heavy atom. The van der Waals surface area contributed by atoms with Gasteiger partial charge in [0.05, 0.1) is 12.9 Å². The van der Waals surface area contributed by atoms with Crippen molar-refractivity contribution in [1.82, 2.24) is 0 Å². The molecule has 0 N–H and O–H groups in total. The van der Waals surface area contributed by atoms with Gasteiger partial charge in [-0.25, -0.2) is 4.99 Å². The van der Waals surface area contributed by atoms with Gasteiger partial charge in [-0.05, 0) is 34.1 Å². The third kappa shape index (κ3) is 9.92. The fourth-order valence-corrected chi connectivity index (χ4v) is 4.61. The molecular formula is C16H33NO6Si. The Balaban J connectivity index is 4.59. The maximum atomic E-state index is 5.81. The van der Waals surface area contributed by atoms with Gasteiger partial charge in [0, 0.05) is 39.3 Å². The molecule has 7 nitrogen and oxygen atoms in total. The van der Waals surface area contributed by atoms with E-state index in [9.17, 15) is 0 Å². The summed E-state index contributed by atoms with van der Waals surface area (Å²) in [6.45, 7) is 15.6. The third-order valence-corrected chi connectivity index (χ3v) is 5.95. The van der Waals surface area contributed by atoms with Gasteiger partial charge < -0.3 is 27.5 Å². The van der Waals surface area contributed by atoms with Gasteiger partial charge in [0.2, 0.25) is 6.29 Å². The number of nitrogens with zero attached hydrogens (tertiary/aromatic N) is 1. The summed E-state index contributed by atoms with van der Waals surface area (Å²) in [6, 6.07) is 0.699. The first-order valence-electron chi connectivity index (χ1n) is 8.59. The summed E-state index contributed by atoms with van der Waals surface area (Å²) < 4.78 is 33.4. The second-order valence-corrected chi connectivity index (χ2v) is 7.39. The number of ether oxygens (including phenoxy) is 3. The summed E-state index contributed by atoms with van der Waals surface area (Å²) in [5, 5.41) is 0. The van der Waals surface area contributed by atoms with E-state index < -0.39 is 15.1 Å². The lowest BCUT2D eigenvalue weighted by molar-refractivity contribution is -0.0451. The normalized spacial score (nSPS) is 13.5. The van der Waals surface area contributed by atoms with Gasteiger partial charge in [0.25, 0.3) is 0 Å². The molecule has 0 radical (unpaired) electrons. The van der Waals surface area contributed by atoms with E-state index in [0.29, 0.717) is 39.0 Å². The van der Waals surface area contributed by atoms with Gasteiger partial charge in [-0.2, -0.15) is 0 Å². The molecule has 0 heterocycles. The minimum atomic E-state index is -2.62. The van der Waals surface area contributed by atoms with E-state index in [0.717, 1.165) is 6.42 Å². The van der Waals surface area contributed by atoms with Crippen molar-refractivity contribution in [3.05, 3.63) is 12.8 Å². The summed E-state index contributed by atoms with van der Waals surface area (Å²) in [6.07, 6.45) is 1.78. The lowest BCUT2D eigenvalue weighted by Crippen LogP contribution is -2.46. The molecule has 0 fully saturated rings. The number of aliphatic imine (C=N–C) groups is 1. The van der Waals surface area contributed by atoms with E-state index in [-0.39, 0.29) is 6.08 Å². The van der Waals surface area contributed by atoms with E-state index in [4.69, 9.17) is 27.5 Å². The second kappa shape index (κ2) is 14.3. The molecule has 0 aromatic carbocycles. The van der Waals surface area contributed by atoms with Gasteiger partial charge in [0.15, 0.2) is 0 Å². The molecule has 8 heteroatoms. The van der Waals surface area contributed by atoms with Crippen LogP contribution in [0.4, 0.5) is 0 Å². The molecular weight excluding hydrogens is 330 g/mol. The zero-order valence-electron chi connectivity index (χ0n) is 15.7. The van der Waals surface area contributed by atoms with E-state index in [1.807, 2.05) is 27.7 Å². The molecule has 1 unspecified atom stereocenters. The predicted molar refractivity (Wildman–Crippen MR) is 95.8 cm³/mol. The van der Waals surface area contributed by atoms with Crippen LogP contribution in [0.25, 0.3) is 0 Å². The Morgan fingerprint density at radius 2 is 1.62 bits per heavy atom. The lowest BCUT2D eigenvalue weighted by atomic mass is 10.5. The molecule has 0 saturated carbocycles. The van der Waals surface area contributed by atoms with Crippen molar-refractivity contribution in [2.24, 2.45) is 4.99 Å². The molecule has 0 bridgehead atoms. The Kier molecular flexibility index (Phi) is 13.6. The van der Waals surface area contributed by atoms with Crippen molar-refractivity contribution < 1.29 is 27.5 Å². The van der Waals surface area contributed by atoms with Gasteiger partial charge in [0.1, 0.15) is 0 Å². The third-order valence-electron chi connectivity index (χ3n) is 2.80. The number of rotatable bonds is 14. The molecule has 0 aliphatic rings. The van der Waals surface area contributed by atoms with E-state index in [2.05, 4.69) is 11.6 Å². The molecule has 0 aromatic heterocycles. The zero-order valence-corrected chi connectivity index (χ0v) is 16.7. The van der Waals surface area contributed by atoms with Crippen molar-refractivity contribution in [3.8, 4) is 0 Å². The van der Waals surface area contributed by atoms with Gasteiger partial charge >= 0.3 is 14.9 Å². The average molecular weight is 364 g/mol. The van der Waals surface area contributed by atoms with Crippen molar-refractivity contribution >= 4 is 14.9 Å². The monoisotopic (exact) mass is 363 g/mol. The van der Waals surface area contributed by atoms with Gasteiger partial charge in [-0.15, -0.1) is 0 Å². The van der Waals surface area contributed by atoms with E-state index in [1.54, 1.807) is 6.92 Å². The number of hydrogen-bond donors (Lipinski definition) is 0. The fraction of sp³-hybridized carbons (Fsp3) is 0.812. The quantitative estimate of drug-likeness (QED) is 0.118. The van der Waals surface area contributed by atoms with Crippen LogP contribution in [0.15, 0.2) is 17.8 Å². The molecule has 0 aliphatic carbocycles. The highest BCUT2D eigenvalue weighted by atomic mass is 28.4. The topological polar surface area (TPSA) is 67.7 Å². The molecule has 0 spiro atoms. The van der Waals surface area contributed by atoms with Crippen LogP contribution in [0.3, 0.4) is 0 Å². The molecule has 24 heavy (non-hydrogen) atoms. The second-order valence-electron chi connectivity index (χ2n) is 4.65. The van der Waals surface area contributed by atoms with Crippen LogP contribution in [-0.2, 0) is 27.5 Å². The molecule has 0 aromatic rings. The van der Waals surface area contributed by atoms with Crippen LogP contribution >= 0.6 is 0 Å². The van der Waals surface area contributed by atoms with Crippen LogP contribution in [0, 0.1) is 0 Å². The highest BCUT2D eigenvalue weighted by Gasteiger charge is 2.39. The number of hydrogen-bond acceptors (Lipinski definition) is 7. The molecule has 0 rings (SSSR count). The SMILES string of the molecule is C=COC(C)OC(=NCCC[Si](OCC)(OCC)OCC)OCC. The average Bonchev–Trinajstić information content (AvgIpc) is 2.52. The van der Waals surface area contributed by atoms with Crippen molar-refractivity contribution in [2.45, 2.75) is 53.4 Å². The van der Waals surface area contributed by atoms with Crippen molar-refractivity contribution in [1.29, 1.82) is 0 Å². The summed E-state index contributed by atoms with van der Waals surface area (Å²) in [7, 11) is -2.62. The standard InChI is InChI=1S/C16H33NO6Si/c1-7-18-15(6)23-16(19-8-2)17-13-12-14-24(20-9-3,21-10-4)22-11-5/h7,15H,1,8-14H2,2-6H3. The van der Waals surface area contributed by atoms with E-state index >= 15 is 0 Å². The summed E-state index contributed by atoms with van der Waals surface area (Å²) in [5.41, 5.74) is 0. The Morgan fingerprint density at radius 1 is 1.04 bits per heavy atom. The smallest absolute Gasteiger partial charge is 0.463 e. The predicted octanol–water partition coefficient (Wildman–Crippen LogP) is 3.34.